The minimum absolute atomic E-state index is 0.678. The molecule has 0 amide bonds. The van der Waals surface area contributed by atoms with Crippen LogP contribution in [0.5, 0.6) is 0 Å². The lowest BCUT2D eigenvalue weighted by molar-refractivity contribution is 0.561. The Morgan fingerprint density at radius 3 is 2.90 bits per heavy atom. The Morgan fingerprint density at radius 1 is 1.25 bits per heavy atom. The van der Waals surface area contributed by atoms with Crippen molar-refractivity contribution in [2.75, 3.05) is 5.32 Å². The molecule has 0 saturated carbocycles. The third kappa shape index (κ3) is 2.81. The van der Waals surface area contributed by atoms with E-state index in [1.54, 1.807) is 0 Å². The predicted octanol–water partition coefficient (Wildman–Crippen LogP) is 5.16. The first kappa shape index (κ1) is 13.5. The monoisotopic (exact) mass is 350 g/mol. The number of aromatic nitrogens is 1. The molecule has 3 nitrogen and oxygen atoms in total. The van der Waals surface area contributed by atoms with Crippen LogP contribution in [0.15, 0.2) is 45.3 Å². The van der Waals surface area contributed by atoms with Gasteiger partial charge in [-0.1, -0.05) is 17.7 Å². The third-order valence-electron chi connectivity index (χ3n) is 2.98. The number of nitrogens with zero attached hydrogens (tertiary/aromatic N) is 1. The van der Waals surface area contributed by atoms with Gasteiger partial charge >= 0.3 is 0 Å². The average molecular weight is 352 g/mol. The fourth-order valence-electron chi connectivity index (χ4n) is 2.01. The van der Waals surface area contributed by atoms with Crippen LogP contribution in [0.25, 0.3) is 11.1 Å². The highest BCUT2D eigenvalue weighted by Gasteiger charge is 2.04. The van der Waals surface area contributed by atoms with Gasteiger partial charge in [-0.15, -0.1) is 0 Å². The van der Waals surface area contributed by atoms with Crippen LogP contribution in [0.2, 0.25) is 5.02 Å². The first-order valence-electron chi connectivity index (χ1n) is 6.17. The van der Waals surface area contributed by atoms with E-state index in [0.717, 1.165) is 26.8 Å². The van der Waals surface area contributed by atoms with Gasteiger partial charge in [-0.25, -0.2) is 4.98 Å². The lowest BCUT2D eigenvalue weighted by atomic mass is 10.2. The highest BCUT2D eigenvalue weighted by atomic mass is 79.9. The number of anilines is 1. The number of rotatable bonds is 3. The van der Waals surface area contributed by atoms with Crippen molar-refractivity contribution in [1.82, 2.24) is 4.98 Å². The first-order chi connectivity index (χ1) is 9.61. The van der Waals surface area contributed by atoms with Gasteiger partial charge in [0.15, 0.2) is 11.5 Å². The number of fused-ring (bicyclic) bond motifs is 1. The first-order valence-corrected chi connectivity index (χ1v) is 7.34. The maximum atomic E-state index is 6.08. The SMILES string of the molecule is Cc1nc2cc(NCc3ccc(Br)c(Cl)c3)ccc2o1. The Labute approximate surface area is 130 Å². The molecule has 0 aliphatic rings. The van der Waals surface area contributed by atoms with E-state index in [9.17, 15) is 0 Å². The van der Waals surface area contributed by atoms with Crippen molar-refractivity contribution in [3.8, 4) is 0 Å². The van der Waals surface area contributed by atoms with E-state index in [1.165, 1.54) is 0 Å². The number of oxazole rings is 1. The highest BCUT2D eigenvalue weighted by Crippen LogP contribution is 2.24. The van der Waals surface area contributed by atoms with E-state index in [-0.39, 0.29) is 0 Å². The molecular formula is C15H12BrClN2O. The molecular weight excluding hydrogens is 340 g/mol. The number of nitrogens with one attached hydrogen (secondary N) is 1. The molecule has 0 aliphatic carbocycles. The van der Waals surface area contributed by atoms with E-state index in [0.29, 0.717) is 17.5 Å². The molecule has 0 radical (unpaired) electrons. The van der Waals surface area contributed by atoms with Gasteiger partial charge < -0.3 is 9.73 Å². The topological polar surface area (TPSA) is 38.1 Å². The van der Waals surface area contributed by atoms with Gasteiger partial charge in [0, 0.05) is 23.6 Å². The Kier molecular flexibility index (Phi) is 3.68. The van der Waals surface area contributed by atoms with Crippen LogP contribution in [0.3, 0.4) is 0 Å². The van der Waals surface area contributed by atoms with Crippen molar-refractivity contribution >= 4 is 44.3 Å². The van der Waals surface area contributed by atoms with Crippen molar-refractivity contribution in [1.29, 1.82) is 0 Å². The van der Waals surface area contributed by atoms with Crippen LogP contribution in [0.1, 0.15) is 11.5 Å². The van der Waals surface area contributed by atoms with Gasteiger partial charge in [0.1, 0.15) is 5.52 Å². The molecule has 5 heteroatoms. The zero-order valence-electron chi connectivity index (χ0n) is 10.8. The van der Waals surface area contributed by atoms with E-state index < -0.39 is 0 Å². The standard InChI is InChI=1S/C15H12BrClN2O/c1-9-19-14-7-11(3-5-15(14)20-9)18-8-10-2-4-12(16)13(17)6-10/h2-7,18H,8H2,1H3. The summed E-state index contributed by atoms with van der Waals surface area (Å²) >= 11 is 9.46. The van der Waals surface area contributed by atoms with Crippen LogP contribution in [0.4, 0.5) is 5.69 Å². The summed E-state index contributed by atoms with van der Waals surface area (Å²) in [5, 5.41) is 4.07. The number of benzene rings is 2. The molecule has 1 N–H and O–H groups in total. The molecule has 3 aromatic rings. The summed E-state index contributed by atoms with van der Waals surface area (Å²) in [6.45, 7) is 2.55. The summed E-state index contributed by atoms with van der Waals surface area (Å²) in [6, 6.07) is 11.8. The van der Waals surface area contributed by atoms with E-state index in [1.807, 2.05) is 43.3 Å². The van der Waals surface area contributed by atoms with Gasteiger partial charge in [-0.05, 0) is 51.8 Å². The van der Waals surface area contributed by atoms with Crippen LogP contribution in [-0.2, 0) is 6.54 Å². The zero-order valence-corrected chi connectivity index (χ0v) is 13.1. The summed E-state index contributed by atoms with van der Waals surface area (Å²) < 4.78 is 6.36. The maximum Gasteiger partial charge on any atom is 0.192 e. The minimum atomic E-state index is 0.678. The largest absolute Gasteiger partial charge is 0.441 e. The second kappa shape index (κ2) is 5.46. The molecule has 0 unspecified atom stereocenters. The molecule has 1 heterocycles. The zero-order chi connectivity index (χ0) is 14.1. The third-order valence-corrected chi connectivity index (χ3v) is 4.21. The fraction of sp³-hybridized carbons (Fsp3) is 0.133. The predicted molar refractivity (Wildman–Crippen MR) is 85.2 cm³/mol. The van der Waals surface area contributed by atoms with E-state index in [4.69, 9.17) is 16.0 Å². The Bertz CT molecular complexity index is 770. The van der Waals surface area contributed by atoms with Crippen molar-refractivity contribution < 1.29 is 4.42 Å². The van der Waals surface area contributed by atoms with Crippen LogP contribution in [0, 0.1) is 6.92 Å². The number of hydrogen-bond acceptors (Lipinski definition) is 3. The summed E-state index contributed by atoms with van der Waals surface area (Å²) in [5.74, 6) is 0.678. The molecule has 102 valence electrons. The average Bonchev–Trinajstić information content (AvgIpc) is 2.79. The molecule has 2 aromatic carbocycles. The summed E-state index contributed by atoms with van der Waals surface area (Å²) in [6.07, 6.45) is 0. The summed E-state index contributed by atoms with van der Waals surface area (Å²) in [5.41, 5.74) is 3.79. The van der Waals surface area contributed by atoms with E-state index in [2.05, 4.69) is 26.2 Å². The normalized spacial score (nSPS) is 10.9. The Hall–Kier alpha value is -1.52. The lowest BCUT2D eigenvalue weighted by Gasteiger charge is -2.07. The molecule has 0 atom stereocenters. The van der Waals surface area contributed by atoms with Crippen molar-refractivity contribution in [3.63, 3.8) is 0 Å². The van der Waals surface area contributed by atoms with Crippen molar-refractivity contribution in [2.45, 2.75) is 13.5 Å². The smallest absolute Gasteiger partial charge is 0.192 e. The van der Waals surface area contributed by atoms with Gasteiger partial charge in [-0.2, -0.15) is 0 Å². The lowest BCUT2D eigenvalue weighted by Crippen LogP contribution is -1.99. The second-order valence-corrected chi connectivity index (χ2v) is 5.78. The summed E-state index contributed by atoms with van der Waals surface area (Å²) in [7, 11) is 0. The van der Waals surface area contributed by atoms with E-state index >= 15 is 0 Å². The Balaban J connectivity index is 1.77. The van der Waals surface area contributed by atoms with Crippen LogP contribution < -0.4 is 5.32 Å². The molecule has 0 bridgehead atoms. The molecule has 0 saturated heterocycles. The van der Waals surface area contributed by atoms with Crippen LogP contribution >= 0.6 is 27.5 Å². The molecule has 0 fully saturated rings. The number of halogens is 2. The highest BCUT2D eigenvalue weighted by molar-refractivity contribution is 9.10. The molecule has 1 aromatic heterocycles. The number of hydrogen-bond donors (Lipinski definition) is 1. The van der Waals surface area contributed by atoms with Gasteiger partial charge in [-0.3, -0.25) is 0 Å². The molecule has 20 heavy (non-hydrogen) atoms. The van der Waals surface area contributed by atoms with Gasteiger partial charge in [0.2, 0.25) is 0 Å². The second-order valence-electron chi connectivity index (χ2n) is 4.52. The Morgan fingerprint density at radius 2 is 2.10 bits per heavy atom. The molecule has 3 rings (SSSR count). The molecule has 0 aliphatic heterocycles. The quantitative estimate of drug-likeness (QED) is 0.708. The fourth-order valence-corrected chi connectivity index (χ4v) is 2.46. The van der Waals surface area contributed by atoms with Crippen molar-refractivity contribution in [3.05, 3.63) is 57.3 Å². The van der Waals surface area contributed by atoms with Gasteiger partial charge in [0.05, 0.1) is 5.02 Å². The molecule has 0 spiro atoms. The summed E-state index contributed by atoms with van der Waals surface area (Å²) in [4.78, 5) is 4.32. The van der Waals surface area contributed by atoms with Crippen molar-refractivity contribution in [2.24, 2.45) is 0 Å². The van der Waals surface area contributed by atoms with Gasteiger partial charge in [0.25, 0.3) is 0 Å². The number of aryl methyl sites for hydroxylation is 1. The van der Waals surface area contributed by atoms with Crippen LogP contribution in [-0.4, -0.2) is 4.98 Å². The minimum Gasteiger partial charge on any atom is -0.441 e. The maximum absolute atomic E-state index is 6.08.